The Morgan fingerprint density at radius 2 is 2.00 bits per heavy atom. The van der Waals surface area contributed by atoms with E-state index in [1.54, 1.807) is 5.49 Å². The van der Waals surface area contributed by atoms with E-state index >= 15 is 0 Å². The molecule has 2 heteroatoms. The molecule has 0 aromatic carbocycles. The molecule has 0 aliphatic heterocycles. The molecule has 0 aromatic rings. The minimum absolute atomic E-state index is 0.422. The van der Waals surface area contributed by atoms with Gasteiger partial charge in [-0.05, 0) is 11.8 Å². The van der Waals surface area contributed by atoms with E-state index in [1.165, 1.54) is 6.42 Å². The lowest BCUT2D eigenvalue weighted by Crippen LogP contribution is -2.17. The molecule has 0 spiro atoms. The molecule has 0 radical (unpaired) electrons. The second-order valence-corrected chi connectivity index (χ2v) is 3.62. The Hall–Kier alpha value is -0.110. The van der Waals surface area contributed by atoms with Crippen molar-refractivity contribution in [2.75, 3.05) is 6.54 Å². The smallest absolute Gasteiger partial charge is 0.0614 e. The molecule has 0 saturated carbocycles. The first-order valence-electron chi connectivity index (χ1n) is 3.23. The molecule has 0 amide bonds. The van der Waals surface area contributed by atoms with Crippen LogP contribution in [-0.2, 0) is 0 Å². The Morgan fingerprint density at radius 3 is 2.33 bits per heavy atom. The molecule has 0 bridgehead atoms. The van der Waals surface area contributed by atoms with Crippen molar-refractivity contribution in [1.29, 1.82) is 0 Å². The predicted molar refractivity (Wildman–Crippen MR) is 45.7 cm³/mol. The van der Waals surface area contributed by atoms with Crippen molar-refractivity contribution in [1.82, 2.24) is 5.32 Å². The fourth-order valence-corrected chi connectivity index (χ4v) is 0.624. The van der Waals surface area contributed by atoms with Gasteiger partial charge in [0.25, 0.3) is 0 Å². The van der Waals surface area contributed by atoms with Gasteiger partial charge in [-0.25, -0.2) is 0 Å². The summed E-state index contributed by atoms with van der Waals surface area (Å²) in [5.74, 6) is 0. The first-order chi connectivity index (χ1) is 4.06. The Bertz CT molecular complexity index is 83.4. The van der Waals surface area contributed by atoms with Gasteiger partial charge in [-0.1, -0.05) is 33.0 Å². The third kappa shape index (κ3) is 7.89. The van der Waals surface area contributed by atoms with Crippen LogP contribution in [0.3, 0.4) is 0 Å². The molecule has 0 rings (SSSR count). The molecular formula is C7H15NS. The minimum Gasteiger partial charge on any atom is -0.382 e. The maximum Gasteiger partial charge on any atom is 0.0614 e. The summed E-state index contributed by atoms with van der Waals surface area (Å²) in [6.45, 7) is 7.65. The van der Waals surface area contributed by atoms with Crippen LogP contribution in [0, 0.1) is 5.41 Å². The van der Waals surface area contributed by atoms with E-state index in [4.69, 9.17) is 0 Å². The van der Waals surface area contributed by atoms with Crippen molar-refractivity contribution in [3.63, 3.8) is 0 Å². The zero-order valence-corrected chi connectivity index (χ0v) is 7.22. The Balaban J connectivity index is 3.17. The molecule has 0 saturated heterocycles. The minimum atomic E-state index is 0.422. The molecule has 9 heavy (non-hydrogen) atoms. The summed E-state index contributed by atoms with van der Waals surface area (Å²) in [6, 6.07) is 0. The number of hydrogen-bond acceptors (Lipinski definition) is 1. The Labute approximate surface area is 62.8 Å². The third-order valence-corrected chi connectivity index (χ3v) is 1.27. The summed E-state index contributed by atoms with van der Waals surface area (Å²) in [6.07, 6.45) is 1.17. The van der Waals surface area contributed by atoms with E-state index in [2.05, 4.69) is 38.3 Å². The van der Waals surface area contributed by atoms with Crippen LogP contribution in [0.4, 0.5) is 0 Å². The zero-order valence-electron chi connectivity index (χ0n) is 6.40. The van der Waals surface area contributed by atoms with Gasteiger partial charge in [0, 0.05) is 6.54 Å². The molecule has 54 valence electrons. The first-order valence-corrected chi connectivity index (χ1v) is 3.70. The highest BCUT2D eigenvalue weighted by molar-refractivity contribution is 7.78. The van der Waals surface area contributed by atoms with Crippen LogP contribution in [-0.4, -0.2) is 12.0 Å². The first kappa shape index (κ1) is 8.89. The van der Waals surface area contributed by atoms with E-state index in [1.807, 2.05) is 0 Å². The topological polar surface area (TPSA) is 12.0 Å². The number of thiocarbonyl (C=S) groups is 1. The maximum absolute atomic E-state index is 4.60. The molecule has 1 N–H and O–H groups in total. The summed E-state index contributed by atoms with van der Waals surface area (Å²) < 4.78 is 0. The second-order valence-electron chi connectivity index (χ2n) is 3.38. The van der Waals surface area contributed by atoms with Gasteiger partial charge in [-0.3, -0.25) is 0 Å². The lowest BCUT2D eigenvalue weighted by molar-refractivity contribution is 0.379. The Kier molecular flexibility index (Phi) is 3.78. The van der Waals surface area contributed by atoms with Gasteiger partial charge >= 0.3 is 0 Å². The highest BCUT2D eigenvalue weighted by Crippen LogP contribution is 2.16. The summed E-state index contributed by atoms with van der Waals surface area (Å²) in [5.41, 5.74) is 2.00. The van der Waals surface area contributed by atoms with Gasteiger partial charge in [0.2, 0.25) is 0 Å². The monoisotopic (exact) mass is 145 g/mol. The van der Waals surface area contributed by atoms with Crippen molar-refractivity contribution in [3.8, 4) is 0 Å². The van der Waals surface area contributed by atoms with Gasteiger partial charge in [-0.2, -0.15) is 0 Å². The fourth-order valence-electron chi connectivity index (χ4n) is 0.506. The molecule has 0 fully saturated rings. The lowest BCUT2D eigenvalue weighted by Gasteiger charge is -2.16. The molecule has 0 atom stereocenters. The van der Waals surface area contributed by atoms with Crippen LogP contribution >= 0.6 is 12.2 Å². The van der Waals surface area contributed by atoms with Crippen LogP contribution < -0.4 is 5.32 Å². The fraction of sp³-hybridized carbons (Fsp3) is 0.857. The van der Waals surface area contributed by atoms with Crippen molar-refractivity contribution >= 4 is 17.7 Å². The van der Waals surface area contributed by atoms with Crippen LogP contribution in [0.2, 0.25) is 0 Å². The molecule has 0 heterocycles. The van der Waals surface area contributed by atoms with E-state index in [9.17, 15) is 0 Å². The molecule has 0 aromatic heterocycles. The third-order valence-electron chi connectivity index (χ3n) is 1.10. The summed E-state index contributed by atoms with van der Waals surface area (Å²) >= 11 is 4.60. The standard InChI is InChI=1S/C7H15NS/c1-7(2,3)4-5-8-6-9/h6H,4-5H2,1-3H3,(H,8,9). The van der Waals surface area contributed by atoms with Gasteiger partial charge in [0.1, 0.15) is 0 Å². The molecule has 0 aliphatic carbocycles. The van der Waals surface area contributed by atoms with Gasteiger partial charge in [0.05, 0.1) is 5.49 Å². The highest BCUT2D eigenvalue weighted by atomic mass is 32.1. The second kappa shape index (κ2) is 3.83. The van der Waals surface area contributed by atoms with Crippen LogP contribution in [0.15, 0.2) is 0 Å². The molecule has 1 nitrogen and oxygen atoms in total. The lowest BCUT2D eigenvalue weighted by atomic mass is 9.92. The quantitative estimate of drug-likeness (QED) is 0.481. The van der Waals surface area contributed by atoms with Gasteiger partial charge < -0.3 is 5.32 Å². The average molecular weight is 145 g/mol. The van der Waals surface area contributed by atoms with Crippen molar-refractivity contribution < 1.29 is 0 Å². The molecule has 0 aliphatic rings. The van der Waals surface area contributed by atoms with E-state index < -0.39 is 0 Å². The van der Waals surface area contributed by atoms with Crippen molar-refractivity contribution in [2.45, 2.75) is 27.2 Å². The van der Waals surface area contributed by atoms with Crippen molar-refractivity contribution in [2.24, 2.45) is 5.41 Å². The van der Waals surface area contributed by atoms with Crippen LogP contribution in [0.5, 0.6) is 0 Å². The zero-order chi connectivity index (χ0) is 7.33. The molecular weight excluding hydrogens is 130 g/mol. The number of rotatable bonds is 3. The van der Waals surface area contributed by atoms with Crippen molar-refractivity contribution in [3.05, 3.63) is 0 Å². The molecule has 0 unspecified atom stereocenters. The Morgan fingerprint density at radius 1 is 1.44 bits per heavy atom. The van der Waals surface area contributed by atoms with E-state index in [-0.39, 0.29) is 0 Å². The normalized spacial score (nSPS) is 11.0. The summed E-state index contributed by atoms with van der Waals surface area (Å²) in [5, 5.41) is 2.99. The number of nitrogens with one attached hydrogen (secondary N) is 1. The van der Waals surface area contributed by atoms with Gasteiger partial charge in [-0.15, -0.1) is 0 Å². The number of hydrogen-bond donors (Lipinski definition) is 1. The predicted octanol–water partition coefficient (Wildman–Crippen LogP) is 1.97. The van der Waals surface area contributed by atoms with E-state index in [0.717, 1.165) is 6.54 Å². The highest BCUT2D eigenvalue weighted by Gasteiger charge is 2.07. The van der Waals surface area contributed by atoms with Crippen LogP contribution in [0.25, 0.3) is 0 Å². The average Bonchev–Trinajstić information content (AvgIpc) is 1.63. The largest absolute Gasteiger partial charge is 0.382 e. The van der Waals surface area contributed by atoms with E-state index in [0.29, 0.717) is 5.41 Å². The van der Waals surface area contributed by atoms with Gasteiger partial charge in [0.15, 0.2) is 0 Å². The maximum atomic E-state index is 4.60. The summed E-state index contributed by atoms with van der Waals surface area (Å²) in [4.78, 5) is 0. The van der Waals surface area contributed by atoms with Crippen LogP contribution in [0.1, 0.15) is 27.2 Å². The SMILES string of the molecule is CC(C)(C)CCNC=S. The summed E-state index contributed by atoms with van der Waals surface area (Å²) in [7, 11) is 0.